The summed E-state index contributed by atoms with van der Waals surface area (Å²) in [6.45, 7) is 0.556. The summed E-state index contributed by atoms with van der Waals surface area (Å²) >= 11 is 3.64. The quantitative estimate of drug-likeness (QED) is 0.519. The highest BCUT2D eigenvalue weighted by Gasteiger charge is 2.24. The van der Waals surface area contributed by atoms with Crippen LogP contribution in [0.3, 0.4) is 0 Å². The number of nitro benzene ring substituents is 1. The van der Waals surface area contributed by atoms with Crippen molar-refractivity contribution in [1.82, 2.24) is 5.32 Å². The summed E-state index contributed by atoms with van der Waals surface area (Å²) in [5.74, 6) is 0.0260. The van der Waals surface area contributed by atoms with E-state index in [1.54, 1.807) is 12.1 Å². The average Bonchev–Trinajstić information content (AvgIpc) is 2.46. The highest BCUT2D eigenvalue weighted by molar-refractivity contribution is 9.09. The Morgan fingerprint density at radius 3 is 2.75 bits per heavy atom. The SMILES string of the molecule is O=C(NCC1CCCCC1Br)c1ccccc1[N+](=O)[O-]. The van der Waals surface area contributed by atoms with Gasteiger partial charge in [0.25, 0.3) is 11.6 Å². The Kier molecular flexibility index (Phi) is 5.11. The van der Waals surface area contributed by atoms with Gasteiger partial charge in [-0.3, -0.25) is 14.9 Å². The van der Waals surface area contributed by atoms with Gasteiger partial charge in [-0.15, -0.1) is 0 Å². The monoisotopic (exact) mass is 340 g/mol. The fourth-order valence-electron chi connectivity index (χ4n) is 2.54. The highest BCUT2D eigenvalue weighted by Crippen LogP contribution is 2.29. The van der Waals surface area contributed by atoms with Crippen LogP contribution in [0.1, 0.15) is 36.0 Å². The van der Waals surface area contributed by atoms with Gasteiger partial charge in [-0.2, -0.15) is 0 Å². The molecule has 0 bridgehead atoms. The molecule has 20 heavy (non-hydrogen) atoms. The Bertz CT molecular complexity index is 507. The molecule has 1 saturated carbocycles. The maximum Gasteiger partial charge on any atom is 0.282 e. The molecule has 1 amide bonds. The molecular weight excluding hydrogens is 324 g/mol. The number of nitro groups is 1. The van der Waals surface area contributed by atoms with Crippen molar-refractivity contribution in [3.63, 3.8) is 0 Å². The van der Waals surface area contributed by atoms with Crippen LogP contribution in [0, 0.1) is 16.0 Å². The van der Waals surface area contributed by atoms with Crippen LogP contribution in [0.2, 0.25) is 0 Å². The molecule has 0 aliphatic heterocycles. The van der Waals surface area contributed by atoms with Crippen molar-refractivity contribution < 1.29 is 9.72 Å². The summed E-state index contributed by atoms with van der Waals surface area (Å²) < 4.78 is 0. The molecule has 1 aromatic carbocycles. The van der Waals surface area contributed by atoms with Crippen molar-refractivity contribution in [2.45, 2.75) is 30.5 Å². The zero-order valence-corrected chi connectivity index (χ0v) is 12.6. The zero-order chi connectivity index (χ0) is 14.5. The molecule has 0 aromatic heterocycles. The van der Waals surface area contributed by atoms with E-state index in [0.29, 0.717) is 17.3 Å². The summed E-state index contributed by atoms with van der Waals surface area (Å²) in [6.07, 6.45) is 4.58. The normalized spacial score (nSPS) is 22.2. The molecule has 108 valence electrons. The molecule has 1 aromatic rings. The highest BCUT2D eigenvalue weighted by atomic mass is 79.9. The number of hydrogen-bond donors (Lipinski definition) is 1. The Morgan fingerprint density at radius 2 is 2.05 bits per heavy atom. The number of hydrogen-bond acceptors (Lipinski definition) is 3. The van der Waals surface area contributed by atoms with Gasteiger partial charge in [0.2, 0.25) is 0 Å². The third kappa shape index (κ3) is 3.56. The van der Waals surface area contributed by atoms with E-state index in [0.717, 1.165) is 12.8 Å². The minimum atomic E-state index is -0.525. The minimum absolute atomic E-state index is 0.124. The molecular formula is C14H17BrN2O3. The number of para-hydroxylation sites is 1. The number of alkyl halides is 1. The topological polar surface area (TPSA) is 72.2 Å². The van der Waals surface area contributed by atoms with E-state index in [9.17, 15) is 14.9 Å². The maximum atomic E-state index is 12.1. The number of benzene rings is 1. The van der Waals surface area contributed by atoms with Gasteiger partial charge >= 0.3 is 0 Å². The summed E-state index contributed by atoms with van der Waals surface area (Å²) in [5.41, 5.74) is -0.0246. The van der Waals surface area contributed by atoms with Crippen molar-refractivity contribution in [2.24, 2.45) is 5.92 Å². The van der Waals surface area contributed by atoms with Crippen LogP contribution >= 0.6 is 15.9 Å². The van der Waals surface area contributed by atoms with E-state index >= 15 is 0 Å². The lowest BCUT2D eigenvalue weighted by molar-refractivity contribution is -0.385. The van der Waals surface area contributed by atoms with E-state index in [1.807, 2.05) is 0 Å². The molecule has 6 heteroatoms. The van der Waals surface area contributed by atoms with Crippen molar-refractivity contribution in [2.75, 3.05) is 6.54 Å². The fourth-order valence-corrected chi connectivity index (χ4v) is 3.31. The van der Waals surface area contributed by atoms with Gasteiger partial charge in [0, 0.05) is 17.4 Å². The van der Waals surface area contributed by atoms with Crippen molar-refractivity contribution in [3.8, 4) is 0 Å². The lowest BCUT2D eigenvalue weighted by Crippen LogP contribution is -2.34. The largest absolute Gasteiger partial charge is 0.351 e. The van der Waals surface area contributed by atoms with Crippen molar-refractivity contribution in [1.29, 1.82) is 0 Å². The van der Waals surface area contributed by atoms with E-state index in [4.69, 9.17) is 0 Å². The third-order valence-corrected chi connectivity index (χ3v) is 4.89. The van der Waals surface area contributed by atoms with Crippen molar-refractivity contribution in [3.05, 3.63) is 39.9 Å². The summed E-state index contributed by atoms with van der Waals surface area (Å²) in [6, 6.07) is 6.03. The fraction of sp³-hybridized carbons (Fsp3) is 0.500. The molecule has 1 aliphatic carbocycles. The van der Waals surface area contributed by atoms with Gasteiger partial charge < -0.3 is 5.32 Å². The number of carbonyl (C=O) groups is 1. The van der Waals surface area contributed by atoms with E-state index < -0.39 is 4.92 Å². The average molecular weight is 341 g/mol. The van der Waals surface area contributed by atoms with Crippen LogP contribution in [0.15, 0.2) is 24.3 Å². The molecule has 2 rings (SSSR count). The van der Waals surface area contributed by atoms with Gasteiger partial charge in [0.15, 0.2) is 0 Å². The van der Waals surface area contributed by atoms with Gasteiger partial charge in [0.05, 0.1) is 4.92 Å². The zero-order valence-electron chi connectivity index (χ0n) is 11.0. The molecule has 0 saturated heterocycles. The number of halogens is 1. The van der Waals surface area contributed by atoms with Crippen LogP contribution < -0.4 is 5.32 Å². The van der Waals surface area contributed by atoms with Gasteiger partial charge in [0.1, 0.15) is 5.56 Å². The molecule has 2 atom stereocenters. The van der Waals surface area contributed by atoms with E-state index in [2.05, 4.69) is 21.2 Å². The number of nitrogens with zero attached hydrogens (tertiary/aromatic N) is 1. The molecule has 0 radical (unpaired) electrons. The molecule has 0 spiro atoms. The van der Waals surface area contributed by atoms with E-state index in [-0.39, 0.29) is 17.2 Å². The Labute approximate surface area is 126 Å². The first-order chi connectivity index (χ1) is 9.59. The smallest absolute Gasteiger partial charge is 0.282 e. The van der Waals surface area contributed by atoms with Gasteiger partial charge in [-0.1, -0.05) is 40.9 Å². The summed E-state index contributed by atoms with van der Waals surface area (Å²) in [5, 5.41) is 13.7. The van der Waals surface area contributed by atoms with Crippen LogP contribution in [0.25, 0.3) is 0 Å². The van der Waals surface area contributed by atoms with Crippen LogP contribution in [0.4, 0.5) is 5.69 Å². The minimum Gasteiger partial charge on any atom is -0.351 e. The maximum absolute atomic E-state index is 12.1. The molecule has 5 nitrogen and oxygen atoms in total. The second-order valence-corrected chi connectivity index (χ2v) is 6.22. The Balaban J connectivity index is 2.00. The molecule has 1 fully saturated rings. The van der Waals surface area contributed by atoms with Crippen molar-refractivity contribution >= 4 is 27.5 Å². The molecule has 1 aliphatic rings. The molecule has 0 heterocycles. The summed E-state index contributed by atoms with van der Waals surface area (Å²) in [7, 11) is 0. The van der Waals surface area contributed by atoms with Crippen LogP contribution in [-0.4, -0.2) is 22.2 Å². The Hall–Kier alpha value is -1.43. The first-order valence-corrected chi connectivity index (χ1v) is 7.67. The predicted molar refractivity (Wildman–Crippen MR) is 80.1 cm³/mol. The number of carbonyl (C=O) groups excluding carboxylic acids is 1. The standard InChI is InChI=1S/C14H17BrN2O3/c15-12-7-3-1-5-10(12)9-16-14(18)11-6-2-4-8-13(11)17(19)20/h2,4,6,8,10,12H,1,3,5,7,9H2,(H,16,18). The van der Waals surface area contributed by atoms with Gasteiger partial charge in [-0.25, -0.2) is 0 Å². The third-order valence-electron chi connectivity index (χ3n) is 3.69. The predicted octanol–water partition coefficient (Wildman–Crippen LogP) is 3.28. The second-order valence-electron chi connectivity index (χ2n) is 5.04. The summed E-state index contributed by atoms with van der Waals surface area (Å²) in [4.78, 5) is 22.9. The molecule has 2 unspecified atom stereocenters. The van der Waals surface area contributed by atoms with Crippen LogP contribution in [0.5, 0.6) is 0 Å². The molecule has 1 N–H and O–H groups in total. The lowest BCUT2D eigenvalue weighted by atomic mass is 9.89. The Morgan fingerprint density at radius 1 is 1.35 bits per heavy atom. The van der Waals surface area contributed by atoms with E-state index in [1.165, 1.54) is 25.0 Å². The van der Waals surface area contributed by atoms with Gasteiger partial charge in [-0.05, 0) is 24.8 Å². The first-order valence-electron chi connectivity index (χ1n) is 6.75. The lowest BCUT2D eigenvalue weighted by Gasteiger charge is -2.27. The number of rotatable bonds is 4. The second kappa shape index (κ2) is 6.83. The number of nitrogens with one attached hydrogen (secondary N) is 1. The van der Waals surface area contributed by atoms with Crippen LogP contribution in [-0.2, 0) is 0 Å². The number of amides is 1. The first kappa shape index (κ1) is 15.0.